The summed E-state index contributed by atoms with van der Waals surface area (Å²) in [7, 11) is 0. The topological polar surface area (TPSA) is 133 Å². The van der Waals surface area contributed by atoms with Gasteiger partial charge in [-0.1, -0.05) is 23.2 Å². The number of hydrogen-bond acceptors (Lipinski definition) is 6. The van der Waals surface area contributed by atoms with Gasteiger partial charge in [-0.15, -0.1) is 0 Å². The highest BCUT2D eigenvalue weighted by molar-refractivity contribution is 6.43. The normalized spacial score (nSPS) is 11.3. The molecule has 1 aromatic carbocycles. The van der Waals surface area contributed by atoms with Crippen LogP contribution in [0.4, 0.5) is 5.69 Å². The van der Waals surface area contributed by atoms with E-state index in [9.17, 15) is 14.9 Å². The van der Waals surface area contributed by atoms with Crippen molar-refractivity contribution in [1.82, 2.24) is 5.32 Å². The summed E-state index contributed by atoms with van der Waals surface area (Å²) in [6, 6.07) is 2.00. The number of rotatable bonds is 6. The van der Waals surface area contributed by atoms with E-state index in [1.165, 1.54) is 0 Å². The van der Waals surface area contributed by atoms with Crippen molar-refractivity contribution in [3.05, 3.63) is 37.9 Å². The molecule has 1 aromatic rings. The lowest BCUT2D eigenvalue weighted by molar-refractivity contribution is -0.384. The molecule has 1 rings (SSSR count). The molecule has 0 unspecified atom stereocenters. The number of nitro groups is 1. The minimum atomic E-state index is -1.65. The van der Waals surface area contributed by atoms with Crippen LogP contribution < -0.4 is 5.32 Å². The molecule has 0 atom stereocenters. The smallest absolute Gasteiger partial charge is 0.290 e. The van der Waals surface area contributed by atoms with Gasteiger partial charge in [0.15, 0.2) is 0 Å². The maximum absolute atomic E-state index is 12.0. The van der Waals surface area contributed by atoms with Gasteiger partial charge in [-0.3, -0.25) is 14.9 Å². The summed E-state index contributed by atoms with van der Waals surface area (Å²) in [5.74, 6) is -0.867. The highest BCUT2D eigenvalue weighted by atomic mass is 35.5. The maximum Gasteiger partial charge on any atom is 0.290 e. The first-order valence-corrected chi connectivity index (χ1v) is 6.34. The van der Waals surface area contributed by atoms with Crippen molar-refractivity contribution in [1.29, 1.82) is 0 Å². The third-order valence-electron chi connectivity index (χ3n) is 2.75. The number of hydrogen-bond donors (Lipinski definition) is 4. The van der Waals surface area contributed by atoms with Gasteiger partial charge in [-0.05, 0) is 6.07 Å². The first-order valence-electron chi connectivity index (χ1n) is 5.58. The standard InChI is InChI=1S/C11H12Cl2N2O6/c12-7-1-6(2-8(9(7)13)15(20)21)10(19)14-11(3-16,4-17)5-18/h1-2,16-18H,3-5H2,(H,14,19). The van der Waals surface area contributed by atoms with Gasteiger partial charge in [0.1, 0.15) is 10.6 Å². The Labute approximate surface area is 129 Å². The van der Waals surface area contributed by atoms with Gasteiger partial charge in [0.25, 0.3) is 11.6 Å². The van der Waals surface area contributed by atoms with Crippen molar-refractivity contribution in [3.8, 4) is 0 Å². The minimum absolute atomic E-state index is 0.196. The number of carbonyl (C=O) groups excluding carboxylic acids is 1. The monoisotopic (exact) mass is 338 g/mol. The first kappa shape index (κ1) is 17.6. The van der Waals surface area contributed by atoms with E-state index < -0.39 is 41.9 Å². The number of nitro benzene ring substituents is 1. The Morgan fingerprint density at radius 2 is 1.76 bits per heavy atom. The van der Waals surface area contributed by atoms with E-state index in [1.54, 1.807) is 0 Å². The zero-order chi connectivity index (χ0) is 16.2. The lowest BCUT2D eigenvalue weighted by atomic mass is 10.0. The third kappa shape index (κ3) is 3.80. The van der Waals surface area contributed by atoms with Crippen molar-refractivity contribution in [2.24, 2.45) is 0 Å². The highest BCUT2D eigenvalue weighted by Gasteiger charge is 2.31. The molecule has 0 fully saturated rings. The summed E-state index contributed by atoms with van der Waals surface area (Å²) < 4.78 is 0. The SMILES string of the molecule is O=C(NC(CO)(CO)CO)c1cc(Cl)c(Cl)c([N+](=O)[O-])c1. The molecule has 0 aliphatic rings. The Hall–Kier alpha value is -1.45. The van der Waals surface area contributed by atoms with Crippen LogP contribution in [0.2, 0.25) is 10.0 Å². The van der Waals surface area contributed by atoms with Gasteiger partial charge in [0.05, 0.1) is 29.8 Å². The average Bonchev–Trinajstić information content (AvgIpc) is 2.47. The second-order valence-electron chi connectivity index (χ2n) is 4.26. The lowest BCUT2D eigenvalue weighted by Crippen LogP contribution is -2.57. The molecule has 0 saturated carbocycles. The molecule has 10 heteroatoms. The van der Waals surface area contributed by atoms with Gasteiger partial charge in [-0.25, -0.2) is 0 Å². The van der Waals surface area contributed by atoms with Gasteiger partial charge < -0.3 is 20.6 Å². The van der Waals surface area contributed by atoms with Crippen LogP contribution in [0, 0.1) is 10.1 Å². The van der Waals surface area contributed by atoms with Crippen molar-refractivity contribution in [3.63, 3.8) is 0 Å². The quantitative estimate of drug-likeness (QED) is 0.436. The van der Waals surface area contributed by atoms with E-state index in [4.69, 9.17) is 38.5 Å². The van der Waals surface area contributed by atoms with E-state index in [0.29, 0.717) is 0 Å². The van der Waals surface area contributed by atoms with Gasteiger partial charge >= 0.3 is 0 Å². The molecule has 0 radical (unpaired) electrons. The first-order chi connectivity index (χ1) is 9.80. The van der Waals surface area contributed by atoms with Crippen molar-refractivity contribution in [2.75, 3.05) is 19.8 Å². The molecule has 4 N–H and O–H groups in total. The predicted octanol–water partition coefficient (Wildman–Crippen LogP) is 0.347. The molecule has 0 heterocycles. The maximum atomic E-state index is 12.0. The second kappa shape index (κ2) is 7.01. The molecule has 0 bridgehead atoms. The predicted molar refractivity (Wildman–Crippen MR) is 74.6 cm³/mol. The molecule has 0 aliphatic carbocycles. The van der Waals surface area contributed by atoms with Crippen LogP contribution in [-0.4, -0.2) is 51.5 Å². The Kier molecular flexibility index (Phi) is 5.87. The van der Waals surface area contributed by atoms with Gasteiger partial charge in [0.2, 0.25) is 0 Å². The van der Waals surface area contributed by atoms with Crippen molar-refractivity contribution >= 4 is 34.8 Å². The largest absolute Gasteiger partial charge is 0.394 e. The third-order valence-corrected chi connectivity index (χ3v) is 3.55. The minimum Gasteiger partial charge on any atom is -0.394 e. The summed E-state index contributed by atoms with van der Waals surface area (Å²) in [5.41, 5.74) is -2.41. The zero-order valence-corrected chi connectivity index (χ0v) is 12.1. The van der Waals surface area contributed by atoms with Gasteiger partial charge in [0, 0.05) is 11.6 Å². The van der Waals surface area contributed by atoms with Crippen LogP contribution in [0.15, 0.2) is 12.1 Å². The molecule has 8 nitrogen and oxygen atoms in total. The molecular weight excluding hydrogens is 327 g/mol. The van der Waals surface area contributed by atoms with E-state index >= 15 is 0 Å². The fourth-order valence-electron chi connectivity index (χ4n) is 1.42. The molecule has 116 valence electrons. The molecule has 0 aromatic heterocycles. The van der Waals surface area contributed by atoms with E-state index in [-0.39, 0.29) is 15.6 Å². The lowest BCUT2D eigenvalue weighted by Gasteiger charge is -2.28. The van der Waals surface area contributed by atoms with E-state index in [1.807, 2.05) is 0 Å². The molecule has 21 heavy (non-hydrogen) atoms. The number of aliphatic hydroxyl groups is 3. The van der Waals surface area contributed by atoms with Crippen LogP contribution in [0.3, 0.4) is 0 Å². The number of halogens is 2. The van der Waals surface area contributed by atoms with Crippen molar-refractivity contribution in [2.45, 2.75) is 5.54 Å². The second-order valence-corrected chi connectivity index (χ2v) is 5.04. The average molecular weight is 339 g/mol. The highest BCUT2D eigenvalue weighted by Crippen LogP contribution is 2.33. The molecule has 0 saturated heterocycles. The fraction of sp³-hybridized carbons (Fsp3) is 0.364. The van der Waals surface area contributed by atoms with Crippen molar-refractivity contribution < 1.29 is 25.0 Å². The number of carbonyl (C=O) groups is 1. The summed E-state index contributed by atoms with van der Waals surface area (Å²) in [4.78, 5) is 22.0. The summed E-state index contributed by atoms with van der Waals surface area (Å²) in [5, 5.41) is 39.9. The van der Waals surface area contributed by atoms with E-state index in [2.05, 4.69) is 5.32 Å². The summed E-state index contributed by atoms with van der Waals surface area (Å²) in [6.45, 7) is -2.18. The van der Waals surface area contributed by atoms with Crippen LogP contribution in [0.25, 0.3) is 0 Å². The Balaban J connectivity index is 3.17. The number of aliphatic hydroxyl groups excluding tert-OH is 3. The Morgan fingerprint density at radius 3 is 2.19 bits per heavy atom. The van der Waals surface area contributed by atoms with Crippen LogP contribution in [0.1, 0.15) is 10.4 Å². The number of amides is 1. The molecular formula is C11H12Cl2N2O6. The molecule has 1 amide bonds. The Morgan fingerprint density at radius 1 is 1.24 bits per heavy atom. The van der Waals surface area contributed by atoms with Gasteiger partial charge in [-0.2, -0.15) is 0 Å². The number of benzene rings is 1. The van der Waals surface area contributed by atoms with Crippen LogP contribution in [-0.2, 0) is 0 Å². The fourth-order valence-corrected chi connectivity index (χ4v) is 1.81. The molecule has 0 spiro atoms. The molecule has 0 aliphatic heterocycles. The Bertz CT molecular complexity index is 554. The summed E-state index contributed by atoms with van der Waals surface area (Å²) in [6.07, 6.45) is 0. The number of nitrogens with one attached hydrogen (secondary N) is 1. The van der Waals surface area contributed by atoms with Crippen LogP contribution >= 0.6 is 23.2 Å². The summed E-state index contributed by atoms with van der Waals surface area (Å²) >= 11 is 11.4. The van der Waals surface area contributed by atoms with E-state index in [0.717, 1.165) is 12.1 Å². The number of nitrogens with zero attached hydrogens (tertiary/aromatic N) is 1. The van der Waals surface area contributed by atoms with Crippen LogP contribution in [0.5, 0.6) is 0 Å². The zero-order valence-electron chi connectivity index (χ0n) is 10.5.